The van der Waals surface area contributed by atoms with E-state index in [1.54, 1.807) is 24.3 Å². The Morgan fingerprint density at radius 2 is 1.93 bits per heavy atom. The molecule has 2 N–H and O–H groups in total. The van der Waals surface area contributed by atoms with Crippen molar-refractivity contribution in [2.45, 2.75) is 20.3 Å². The van der Waals surface area contributed by atoms with E-state index < -0.39 is 6.43 Å². The number of benzene rings is 1. The maximum Gasteiger partial charge on any atom is 0.280 e. The van der Waals surface area contributed by atoms with E-state index in [1.807, 2.05) is 13.8 Å². The Balaban J connectivity index is 0.00000155. The van der Waals surface area contributed by atoms with E-state index in [0.29, 0.717) is 23.1 Å². The number of nitrogens with one attached hydrogen (secondary N) is 2. The summed E-state index contributed by atoms with van der Waals surface area (Å²) in [6.45, 7) is 4.00. The largest absolute Gasteiger partial charge is 0.302 e. The molecular weight excluding hydrogens is 413 g/mol. The van der Waals surface area contributed by atoms with Gasteiger partial charge in [-0.05, 0) is 35.9 Å². The lowest BCUT2D eigenvalue weighted by molar-refractivity contribution is -0.102. The van der Waals surface area contributed by atoms with E-state index >= 15 is 0 Å². The number of carbonyl (C=O) groups is 1. The molecule has 0 bridgehead atoms. The first kappa shape index (κ1) is 23.1. The van der Waals surface area contributed by atoms with Gasteiger partial charge in [0.1, 0.15) is 11.4 Å². The molecule has 2 aromatic heterocycles. The molecule has 3 rings (SSSR count). The summed E-state index contributed by atoms with van der Waals surface area (Å²) in [4.78, 5) is 19.3. The maximum atomic E-state index is 13.0. The Bertz CT molecular complexity index is 1030. The zero-order chi connectivity index (χ0) is 22.1. The van der Waals surface area contributed by atoms with Crippen molar-refractivity contribution < 1.29 is 17.5 Å². The first-order valence-corrected chi connectivity index (χ1v) is 9.69. The van der Waals surface area contributed by atoms with Crippen LogP contribution in [0.15, 0.2) is 54.7 Å². The molecular formula is C21H19F3N4OS. The van der Waals surface area contributed by atoms with E-state index in [4.69, 9.17) is 5.41 Å². The quantitative estimate of drug-likeness (QED) is 0.261. The van der Waals surface area contributed by atoms with Crippen LogP contribution < -0.4 is 4.72 Å². The normalized spacial score (nSPS) is 10.2. The lowest BCUT2D eigenvalue weighted by Crippen LogP contribution is -2.04. The van der Waals surface area contributed by atoms with Crippen LogP contribution in [0.25, 0.3) is 22.5 Å². The molecule has 0 saturated heterocycles. The van der Waals surface area contributed by atoms with E-state index in [1.165, 1.54) is 30.5 Å². The van der Waals surface area contributed by atoms with Crippen LogP contribution in [0.2, 0.25) is 0 Å². The molecule has 0 aliphatic rings. The number of rotatable bonds is 7. The van der Waals surface area contributed by atoms with Crippen LogP contribution in [0.5, 0.6) is 0 Å². The minimum absolute atomic E-state index is 0.153. The van der Waals surface area contributed by atoms with Crippen molar-refractivity contribution >= 4 is 30.0 Å². The van der Waals surface area contributed by atoms with Crippen LogP contribution in [0.3, 0.4) is 0 Å². The van der Waals surface area contributed by atoms with Crippen molar-refractivity contribution in [3.63, 3.8) is 0 Å². The molecule has 2 heterocycles. The molecule has 9 heteroatoms. The van der Waals surface area contributed by atoms with E-state index in [9.17, 15) is 17.5 Å². The van der Waals surface area contributed by atoms with Gasteiger partial charge in [-0.3, -0.25) is 15.2 Å². The lowest BCUT2D eigenvalue weighted by atomic mass is 9.97. The lowest BCUT2D eigenvalue weighted by Gasteiger charge is -2.13. The monoisotopic (exact) mass is 432 g/mol. The van der Waals surface area contributed by atoms with Crippen molar-refractivity contribution in [3.8, 4) is 22.5 Å². The summed E-state index contributed by atoms with van der Waals surface area (Å²) in [6.07, 6.45) is -0.847. The van der Waals surface area contributed by atoms with Gasteiger partial charge < -0.3 is 4.72 Å². The summed E-state index contributed by atoms with van der Waals surface area (Å²) >= 11 is -0.153. The van der Waals surface area contributed by atoms with Crippen LogP contribution >= 0.6 is 12.3 Å². The van der Waals surface area contributed by atoms with Crippen molar-refractivity contribution in [3.05, 3.63) is 66.0 Å². The average Bonchev–Trinajstić information content (AvgIpc) is 2.80. The molecule has 0 aliphatic heterocycles. The second-order valence-electron chi connectivity index (χ2n) is 5.62. The highest BCUT2D eigenvalue weighted by Gasteiger charge is 2.16. The SMILES string of the molecule is CC.N=C(C=O)c1cc(-c2cccnc2-c2cccc(C(F)F)n2)ccc1NSF. The van der Waals surface area contributed by atoms with Crippen LogP contribution in [0.1, 0.15) is 31.5 Å². The fourth-order valence-corrected chi connectivity index (χ4v) is 2.94. The Kier molecular flexibility index (Phi) is 8.54. The third-order valence-corrected chi connectivity index (χ3v) is 4.23. The van der Waals surface area contributed by atoms with Crippen LogP contribution in [0, 0.1) is 5.41 Å². The zero-order valence-electron chi connectivity index (χ0n) is 16.2. The van der Waals surface area contributed by atoms with Crippen molar-refractivity contribution in [1.29, 1.82) is 5.41 Å². The summed E-state index contributed by atoms with van der Waals surface area (Å²) in [6, 6.07) is 12.4. The topological polar surface area (TPSA) is 78.7 Å². The highest BCUT2D eigenvalue weighted by Crippen LogP contribution is 2.33. The summed E-state index contributed by atoms with van der Waals surface area (Å²) in [5, 5.41) is 7.80. The average molecular weight is 432 g/mol. The van der Waals surface area contributed by atoms with Crippen molar-refractivity contribution in [2.75, 3.05) is 4.72 Å². The molecule has 0 atom stereocenters. The highest BCUT2D eigenvalue weighted by molar-refractivity contribution is 7.95. The molecule has 0 unspecified atom stereocenters. The molecule has 30 heavy (non-hydrogen) atoms. The first-order chi connectivity index (χ1) is 14.5. The second kappa shape index (κ2) is 11.1. The van der Waals surface area contributed by atoms with Gasteiger partial charge in [0.25, 0.3) is 6.43 Å². The molecule has 5 nitrogen and oxygen atoms in total. The van der Waals surface area contributed by atoms with E-state index in [-0.39, 0.29) is 40.7 Å². The van der Waals surface area contributed by atoms with Crippen LogP contribution in [-0.2, 0) is 4.79 Å². The number of nitrogens with zero attached hydrogens (tertiary/aromatic N) is 2. The number of aldehydes is 1. The fourth-order valence-electron chi connectivity index (χ4n) is 2.68. The van der Waals surface area contributed by atoms with Gasteiger partial charge in [-0.2, -0.15) is 0 Å². The number of halogens is 3. The van der Waals surface area contributed by atoms with Crippen molar-refractivity contribution in [1.82, 2.24) is 9.97 Å². The molecule has 0 aliphatic carbocycles. The van der Waals surface area contributed by atoms with Gasteiger partial charge in [0.05, 0.1) is 17.1 Å². The third kappa shape index (κ3) is 5.24. The molecule has 1 aromatic carbocycles. The number of hydrogen-bond donors (Lipinski definition) is 2. The molecule has 0 fully saturated rings. The van der Waals surface area contributed by atoms with Gasteiger partial charge in [0.15, 0.2) is 18.6 Å². The predicted octanol–water partition coefficient (Wildman–Crippen LogP) is 6.29. The smallest absolute Gasteiger partial charge is 0.280 e. The summed E-state index contributed by atoms with van der Waals surface area (Å²) in [5.41, 5.74) is 1.54. The zero-order valence-corrected chi connectivity index (χ0v) is 17.0. The Hall–Kier alpha value is -3.20. The number of hydrogen-bond acceptors (Lipinski definition) is 6. The summed E-state index contributed by atoms with van der Waals surface area (Å²) < 4.78 is 41.0. The van der Waals surface area contributed by atoms with Crippen LogP contribution in [0.4, 0.5) is 18.4 Å². The van der Waals surface area contributed by atoms with Gasteiger partial charge in [-0.1, -0.05) is 32.0 Å². The first-order valence-electron chi connectivity index (χ1n) is 8.97. The summed E-state index contributed by atoms with van der Waals surface area (Å²) in [7, 11) is 0. The minimum Gasteiger partial charge on any atom is -0.302 e. The number of anilines is 1. The standard InChI is InChI=1S/C19H13F3N4OS.C2H6/c20-19(21)17-5-1-4-16(25-17)18-12(3-2-8-24-18)11-6-7-15(26-28-22)13(9-11)14(23)10-27;1-2/h1-10,19,23,26H;1-2H3. The van der Waals surface area contributed by atoms with Gasteiger partial charge >= 0.3 is 0 Å². The maximum absolute atomic E-state index is 13.0. The van der Waals surface area contributed by atoms with E-state index in [0.717, 1.165) is 0 Å². The Labute approximate surface area is 176 Å². The van der Waals surface area contributed by atoms with Crippen molar-refractivity contribution in [2.24, 2.45) is 0 Å². The number of pyridine rings is 2. The second-order valence-corrected chi connectivity index (χ2v) is 5.98. The number of carbonyl (C=O) groups excluding carboxylic acids is 1. The van der Waals surface area contributed by atoms with E-state index in [2.05, 4.69) is 14.7 Å². The van der Waals surface area contributed by atoms with Crippen LogP contribution in [-0.4, -0.2) is 22.0 Å². The third-order valence-electron chi connectivity index (χ3n) is 3.93. The van der Waals surface area contributed by atoms with Gasteiger partial charge in [-0.25, -0.2) is 13.8 Å². The molecule has 156 valence electrons. The number of alkyl halides is 2. The molecule has 0 amide bonds. The molecule has 0 spiro atoms. The predicted molar refractivity (Wildman–Crippen MR) is 114 cm³/mol. The summed E-state index contributed by atoms with van der Waals surface area (Å²) in [5.74, 6) is 0. The van der Waals surface area contributed by atoms with Gasteiger partial charge in [-0.15, -0.1) is 3.89 Å². The highest BCUT2D eigenvalue weighted by atomic mass is 32.2. The fraction of sp³-hybridized carbons (Fsp3) is 0.143. The molecule has 0 saturated carbocycles. The van der Waals surface area contributed by atoms with Gasteiger partial charge in [0, 0.05) is 17.3 Å². The van der Waals surface area contributed by atoms with Gasteiger partial charge in [0.2, 0.25) is 0 Å². The minimum atomic E-state index is -2.71. The Morgan fingerprint density at radius 1 is 1.17 bits per heavy atom. The number of aromatic nitrogens is 2. The molecule has 3 aromatic rings. The molecule has 0 radical (unpaired) electrons. The Morgan fingerprint density at radius 3 is 2.60 bits per heavy atom.